The first kappa shape index (κ1) is 20.4. The van der Waals surface area contributed by atoms with Gasteiger partial charge in [-0.1, -0.05) is 41.2 Å². The van der Waals surface area contributed by atoms with E-state index in [4.69, 9.17) is 50.2 Å². The van der Waals surface area contributed by atoms with Gasteiger partial charge in [-0.2, -0.15) is 0 Å². The number of hydrogen-bond acceptors (Lipinski definition) is 4. The van der Waals surface area contributed by atoms with E-state index in [9.17, 15) is 0 Å². The number of ether oxygens (including phenoxy) is 2. The van der Waals surface area contributed by atoms with Crippen LogP contribution in [0.25, 0.3) is 0 Å². The number of rotatable bonds is 11. The standard InChI is InChI=1S/C16H22Cl3NO3/c1-12-10-13(21-9-6-15(18)19)11-14(17)16(12)22-7-4-2-3-5-8-23-20/h6,10-11H,2-5,7-9,20H2,1H3. The van der Waals surface area contributed by atoms with E-state index in [0.29, 0.717) is 29.7 Å². The molecule has 0 aliphatic carbocycles. The molecular weight excluding hydrogens is 361 g/mol. The minimum atomic E-state index is 0.172. The highest BCUT2D eigenvalue weighted by Crippen LogP contribution is 2.33. The maximum absolute atomic E-state index is 6.25. The van der Waals surface area contributed by atoms with Crippen LogP contribution in [0.1, 0.15) is 31.2 Å². The summed E-state index contributed by atoms with van der Waals surface area (Å²) in [4.78, 5) is 4.52. The molecule has 0 aromatic heterocycles. The average Bonchev–Trinajstić information content (AvgIpc) is 2.48. The fraction of sp³-hybridized carbons (Fsp3) is 0.500. The first-order chi connectivity index (χ1) is 11.0. The summed E-state index contributed by atoms with van der Waals surface area (Å²) in [7, 11) is 0. The molecule has 0 atom stereocenters. The molecule has 0 saturated heterocycles. The summed E-state index contributed by atoms with van der Waals surface area (Å²) in [6.07, 6.45) is 5.61. The molecule has 0 heterocycles. The SMILES string of the molecule is Cc1cc(OCC=C(Cl)Cl)cc(Cl)c1OCCCCCCON. The average molecular weight is 383 g/mol. The van der Waals surface area contributed by atoms with Crippen molar-refractivity contribution >= 4 is 34.8 Å². The van der Waals surface area contributed by atoms with Gasteiger partial charge in [0.2, 0.25) is 0 Å². The normalized spacial score (nSPS) is 10.5. The molecule has 23 heavy (non-hydrogen) atoms. The van der Waals surface area contributed by atoms with Crippen molar-refractivity contribution in [2.45, 2.75) is 32.6 Å². The summed E-state index contributed by atoms with van der Waals surface area (Å²) in [5.74, 6) is 6.31. The highest BCUT2D eigenvalue weighted by atomic mass is 35.5. The van der Waals surface area contributed by atoms with Gasteiger partial charge in [-0.3, -0.25) is 0 Å². The minimum absolute atomic E-state index is 0.172. The monoisotopic (exact) mass is 381 g/mol. The van der Waals surface area contributed by atoms with Crippen LogP contribution in [0.2, 0.25) is 5.02 Å². The summed E-state index contributed by atoms with van der Waals surface area (Å²) in [6, 6.07) is 3.59. The molecular formula is C16H22Cl3NO3. The number of halogens is 3. The van der Waals surface area contributed by atoms with Crippen LogP contribution in [0, 0.1) is 6.92 Å². The van der Waals surface area contributed by atoms with Gasteiger partial charge in [0.1, 0.15) is 22.6 Å². The van der Waals surface area contributed by atoms with Crippen LogP contribution < -0.4 is 15.4 Å². The Hall–Kier alpha value is -0.650. The lowest BCUT2D eigenvalue weighted by atomic mass is 10.2. The van der Waals surface area contributed by atoms with Crippen molar-refractivity contribution in [3.63, 3.8) is 0 Å². The number of hydrogen-bond donors (Lipinski definition) is 1. The number of nitrogens with two attached hydrogens (primary N) is 1. The van der Waals surface area contributed by atoms with Gasteiger partial charge in [0.15, 0.2) is 0 Å². The quantitative estimate of drug-likeness (QED) is 0.423. The second-order valence-corrected chi connectivity index (χ2v) is 6.40. The van der Waals surface area contributed by atoms with Crippen molar-refractivity contribution in [3.05, 3.63) is 33.3 Å². The fourth-order valence-electron chi connectivity index (χ4n) is 1.98. The predicted octanol–water partition coefficient (Wildman–Crippen LogP) is 5.18. The van der Waals surface area contributed by atoms with Gasteiger partial charge in [-0.15, -0.1) is 0 Å². The van der Waals surface area contributed by atoms with Crippen LogP contribution in [0.15, 0.2) is 22.7 Å². The van der Waals surface area contributed by atoms with Crippen LogP contribution in [0.3, 0.4) is 0 Å². The third-order valence-electron chi connectivity index (χ3n) is 3.09. The maximum Gasteiger partial charge on any atom is 0.141 e. The molecule has 2 N–H and O–H groups in total. The number of benzene rings is 1. The molecule has 0 aliphatic heterocycles. The molecule has 0 aliphatic rings. The zero-order chi connectivity index (χ0) is 17.1. The van der Waals surface area contributed by atoms with Crippen LogP contribution in [0.4, 0.5) is 0 Å². The molecule has 1 rings (SSSR count). The molecule has 7 heteroatoms. The summed E-state index contributed by atoms with van der Waals surface area (Å²) < 4.78 is 11.5. The van der Waals surface area contributed by atoms with E-state index in [2.05, 4.69) is 4.84 Å². The lowest BCUT2D eigenvalue weighted by Crippen LogP contribution is -2.02. The van der Waals surface area contributed by atoms with E-state index in [0.717, 1.165) is 31.2 Å². The zero-order valence-corrected chi connectivity index (χ0v) is 15.4. The zero-order valence-electron chi connectivity index (χ0n) is 13.1. The molecule has 0 spiro atoms. The second-order valence-electron chi connectivity index (χ2n) is 4.99. The third-order valence-corrected chi connectivity index (χ3v) is 3.68. The Balaban J connectivity index is 2.42. The molecule has 1 aromatic rings. The Morgan fingerprint density at radius 3 is 2.39 bits per heavy atom. The molecule has 130 valence electrons. The molecule has 0 fully saturated rings. The van der Waals surface area contributed by atoms with Gasteiger partial charge >= 0.3 is 0 Å². The van der Waals surface area contributed by atoms with Crippen LogP contribution in [-0.4, -0.2) is 19.8 Å². The summed E-state index contributed by atoms with van der Waals surface area (Å²) in [5.41, 5.74) is 0.921. The van der Waals surface area contributed by atoms with Crippen LogP contribution in [-0.2, 0) is 4.84 Å². The molecule has 0 unspecified atom stereocenters. The minimum Gasteiger partial charge on any atom is -0.492 e. The second kappa shape index (κ2) is 11.8. The van der Waals surface area contributed by atoms with Crippen molar-refractivity contribution in [1.82, 2.24) is 0 Å². The Bertz CT molecular complexity index is 482. The fourth-order valence-corrected chi connectivity index (χ4v) is 2.42. The third kappa shape index (κ3) is 8.68. The maximum atomic E-state index is 6.25. The van der Waals surface area contributed by atoms with Crippen molar-refractivity contribution in [3.8, 4) is 11.5 Å². The van der Waals surface area contributed by atoms with Gasteiger partial charge in [-0.25, -0.2) is 5.90 Å². The molecule has 1 aromatic carbocycles. The Kier molecular flexibility index (Phi) is 10.5. The van der Waals surface area contributed by atoms with Gasteiger partial charge in [0.25, 0.3) is 0 Å². The van der Waals surface area contributed by atoms with E-state index in [1.54, 1.807) is 12.1 Å². The van der Waals surface area contributed by atoms with Crippen molar-refractivity contribution < 1.29 is 14.3 Å². The summed E-state index contributed by atoms with van der Waals surface area (Å²) >= 11 is 17.3. The topological polar surface area (TPSA) is 53.7 Å². The Morgan fingerprint density at radius 2 is 1.78 bits per heavy atom. The van der Waals surface area contributed by atoms with Crippen molar-refractivity contribution in [1.29, 1.82) is 0 Å². The number of unbranched alkanes of at least 4 members (excludes halogenated alkanes) is 3. The largest absolute Gasteiger partial charge is 0.492 e. The van der Waals surface area contributed by atoms with E-state index in [-0.39, 0.29) is 11.1 Å². The van der Waals surface area contributed by atoms with E-state index < -0.39 is 0 Å². The first-order valence-corrected chi connectivity index (χ1v) is 8.56. The van der Waals surface area contributed by atoms with E-state index >= 15 is 0 Å². The van der Waals surface area contributed by atoms with Gasteiger partial charge in [-0.05, 0) is 43.9 Å². The Morgan fingerprint density at radius 1 is 1.09 bits per heavy atom. The lowest BCUT2D eigenvalue weighted by Gasteiger charge is -2.13. The molecule has 0 radical (unpaired) electrons. The first-order valence-electron chi connectivity index (χ1n) is 7.43. The number of aryl methyl sites for hydroxylation is 1. The van der Waals surface area contributed by atoms with Crippen LogP contribution >= 0.6 is 34.8 Å². The highest BCUT2D eigenvalue weighted by molar-refractivity contribution is 6.55. The van der Waals surface area contributed by atoms with E-state index in [1.807, 2.05) is 13.0 Å². The molecule has 4 nitrogen and oxygen atoms in total. The van der Waals surface area contributed by atoms with Crippen molar-refractivity contribution in [2.24, 2.45) is 5.90 Å². The van der Waals surface area contributed by atoms with Gasteiger partial charge in [0, 0.05) is 6.07 Å². The smallest absolute Gasteiger partial charge is 0.141 e. The predicted molar refractivity (Wildman–Crippen MR) is 95.6 cm³/mol. The van der Waals surface area contributed by atoms with E-state index in [1.165, 1.54) is 0 Å². The molecule has 0 bridgehead atoms. The van der Waals surface area contributed by atoms with Gasteiger partial charge < -0.3 is 14.3 Å². The summed E-state index contributed by atoms with van der Waals surface area (Å²) in [6.45, 7) is 3.42. The summed E-state index contributed by atoms with van der Waals surface area (Å²) in [5, 5.41) is 0.525. The Labute approximate surface area is 152 Å². The molecule has 0 amide bonds. The lowest BCUT2D eigenvalue weighted by molar-refractivity contribution is 0.133. The molecule has 0 saturated carbocycles. The van der Waals surface area contributed by atoms with Crippen molar-refractivity contribution in [2.75, 3.05) is 19.8 Å². The van der Waals surface area contributed by atoms with Crippen LogP contribution in [0.5, 0.6) is 11.5 Å². The van der Waals surface area contributed by atoms with Gasteiger partial charge in [0.05, 0.1) is 18.2 Å². The highest BCUT2D eigenvalue weighted by Gasteiger charge is 2.09.